The van der Waals surface area contributed by atoms with Crippen LogP contribution in [0.2, 0.25) is 0 Å². The molecule has 1 saturated heterocycles. The third-order valence-corrected chi connectivity index (χ3v) is 5.69. The van der Waals surface area contributed by atoms with Gasteiger partial charge in [-0.1, -0.05) is 47.7 Å². The molecule has 3 aromatic rings. The zero-order valence-electron chi connectivity index (χ0n) is 18.1. The Balaban J connectivity index is 1.72. The third kappa shape index (κ3) is 4.14. The smallest absolute Gasteiger partial charge is 0.295 e. The lowest BCUT2D eigenvalue weighted by atomic mass is 9.95. The number of H-pyrrole nitrogens is 1. The summed E-state index contributed by atoms with van der Waals surface area (Å²) < 4.78 is 7.20. The number of carbonyl (C=O) groups is 2. The van der Waals surface area contributed by atoms with Crippen molar-refractivity contribution in [1.82, 2.24) is 9.88 Å². The van der Waals surface area contributed by atoms with Gasteiger partial charge in [-0.3, -0.25) is 14.6 Å². The number of aryl methyl sites for hydroxylation is 2. The van der Waals surface area contributed by atoms with Crippen LogP contribution in [0, 0.1) is 6.92 Å². The number of ether oxygens (including phenoxy) is 1. The minimum absolute atomic E-state index is 0.00156. The van der Waals surface area contributed by atoms with Gasteiger partial charge in [0.2, 0.25) is 12.1 Å². The largest absolute Gasteiger partial charge is 0.872 e. The van der Waals surface area contributed by atoms with E-state index in [2.05, 4.69) is 4.98 Å². The summed E-state index contributed by atoms with van der Waals surface area (Å²) in [6.07, 6.45) is 6.18. The number of hydrogen-bond donors (Lipinski definition) is 1. The molecule has 1 amide bonds. The maximum Gasteiger partial charge on any atom is 0.295 e. The molecular weight excluding hydrogens is 406 g/mol. The highest BCUT2D eigenvalue weighted by Gasteiger charge is 2.43. The number of imidazole rings is 1. The predicted octanol–water partition coefficient (Wildman–Crippen LogP) is 1.93. The number of nitrogens with zero attached hydrogens (tertiary/aromatic N) is 2. The molecule has 0 spiro atoms. The molecule has 1 atom stereocenters. The molecule has 1 aliphatic heterocycles. The van der Waals surface area contributed by atoms with Crippen LogP contribution in [0.15, 0.2) is 72.8 Å². The number of ketones is 1. The van der Waals surface area contributed by atoms with Crippen molar-refractivity contribution in [1.29, 1.82) is 0 Å². The van der Waals surface area contributed by atoms with Crippen LogP contribution in [-0.2, 0) is 16.1 Å². The van der Waals surface area contributed by atoms with E-state index in [1.165, 1.54) is 4.90 Å². The van der Waals surface area contributed by atoms with Crippen LogP contribution >= 0.6 is 0 Å². The van der Waals surface area contributed by atoms with Crippen LogP contribution in [0.4, 0.5) is 0 Å². The van der Waals surface area contributed by atoms with Crippen LogP contribution in [0.3, 0.4) is 0 Å². The van der Waals surface area contributed by atoms with Gasteiger partial charge in [0.05, 0.1) is 19.7 Å². The SMILES string of the molecule is COc1ccc(C2C(=C([O-])c3ccc(C)cc3)C(=O)C(=O)N2CCC[n+]2cc[nH]c2)cc1. The van der Waals surface area contributed by atoms with E-state index in [4.69, 9.17) is 4.74 Å². The van der Waals surface area contributed by atoms with Crippen molar-refractivity contribution in [3.05, 3.63) is 89.5 Å². The number of methoxy groups -OCH3 is 1. The van der Waals surface area contributed by atoms with Crippen molar-refractivity contribution < 1.29 is 24.0 Å². The van der Waals surface area contributed by atoms with E-state index in [0.717, 1.165) is 5.56 Å². The van der Waals surface area contributed by atoms with E-state index in [9.17, 15) is 14.7 Å². The highest BCUT2D eigenvalue weighted by molar-refractivity contribution is 6.46. The van der Waals surface area contributed by atoms with Crippen molar-refractivity contribution in [2.24, 2.45) is 0 Å². The van der Waals surface area contributed by atoms with E-state index >= 15 is 0 Å². The molecule has 1 aromatic heterocycles. The highest BCUT2D eigenvalue weighted by Crippen LogP contribution is 2.39. The molecule has 32 heavy (non-hydrogen) atoms. The molecule has 1 fully saturated rings. The summed E-state index contributed by atoms with van der Waals surface area (Å²) in [7, 11) is 1.57. The Bertz CT molecular complexity index is 1130. The normalized spacial score (nSPS) is 17.7. The first kappa shape index (κ1) is 21.4. The van der Waals surface area contributed by atoms with Crippen molar-refractivity contribution >= 4 is 17.4 Å². The Kier molecular flexibility index (Phi) is 6.07. The van der Waals surface area contributed by atoms with Crippen LogP contribution in [0.25, 0.3) is 5.76 Å². The Morgan fingerprint density at radius 3 is 2.47 bits per heavy atom. The first-order valence-corrected chi connectivity index (χ1v) is 10.5. The van der Waals surface area contributed by atoms with Gasteiger partial charge in [0.25, 0.3) is 5.91 Å². The molecule has 1 unspecified atom stereocenters. The fourth-order valence-corrected chi connectivity index (χ4v) is 3.98. The fraction of sp³-hybridized carbons (Fsp3) is 0.240. The topological polar surface area (TPSA) is 89.3 Å². The molecule has 4 rings (SSSR count). The molecule has 1 aliphatic rings. The Hall–Kier alpha value is -3.87. The fourth-order valence-electron chi connectivity index (χ4n) is 3.98. The number of benzene rings is 2. The zero-order chi connectivity index (χ0) is 22.7. The molecule has 2 heterocycles. The van der Waals surface area contributed by atoms with Crippen molar-refractivity contribution in [3.63, 3.8) is 0 Å². The lowest BCUT2D eigenvalue weighted by molar-refractivity contribution is -0.695. The van der Waals surface area contributed by atoms with Gasteiger partial charge in [-0.2, -0.15) is 0 Å². The monoisotopic (exact) mass is 431 g/mol. The average Bonchev–Trinajstić information content (AvgIpc) is 3.41. The molecular formula is C25H25N3O4. The van der Waals surface area contributed by atoms with E-state index < -0.39 is 23.5 Å². The lowest BCUT2D eigenvalue weighted by Crippen LogP contribution is -2.36. The third-order valence-electron chi connectivity index (χ3n) is 5.69. The number of rotatable bonds is 7. The Morgan fingerprint density at radius 2 is 1.84 bits per heavy atom. The molecule has 7 heteroatoms. The van der Waals surface area contributed by atoms with Crippen LogP contribution < -0.4 is 14.4 Å². The van der Waals surface area contributed by atoms with E-state index in [1.807, 2.05) is 42.3 Å². The van der Waals surface area contributed by atoms with E-state index in [-0.39, 0.29) is 5.57 Å². The van der Waals surface area contributed by atoms with Crippen LogP contribution in [-0.4, -0.2) is 35.2 Å². The molecule has 2 aromatic carbocycles. The molecule has 0 radical (unpaired) electrons. The van der Waals surface area contributed by atoms with Gasteiger partial charge in [-0.15, -0.1) is 0 Å². The average molecular weight is 431 g/mol. The second kappa shape index (κ2) is 9.09. The Labute approximate surface area is 186 Å². The number of amides is 1. The maximum atomic E-state index is 13.4. The second-order valence-electron chi connectivity index (χ2n) is 7.82. The second-order valence-corrected chi connectivity index (χ2v) is 7.82. The summed E-state index contributed by atoms with van der Waals surface area (Å²) in [4.78, 5) is 30.5. The zero-order valence-corrected chi connectivity index (χ0v) is 18.1. The van der Waals surface area contributed by atoms with Gasteiger partial charge in [-0.05, 0) is 30.2 Å². The molecule has 164 valence electrons. The van der Waals surface area contributed by atoms with E-state index in [1.54, 1.807) is 43.5 Å². The number of hydrogen-bond acceptors (Lipinski definition) is 4. The molecule has 1 N–H and O–H groups in total. The molecule has 0 saturated carbocycles. The number of likely N-dealkylation sites (tertiary alicyclic amines) is 1. The van der Waals surface area contributed by atoms with E-state index in [0.29, 0.717) is 36.4 Å². The highest BCUT2D eigenvalue weighted by atomic mass is 16.5. The summed E-state index contributed by atoms with van der Waals surface area (Å²) in [5.74, 6) is -1.12. The van der Waals surface area contributed by atoms with Crippen molar-refractivity contribution in [2.45, 2.75) is 25.9 Å². The predicted molar refractivity (Wildman–Crippen MR) is 116 cm³/mol. The quantitative estimate of drug-likeness (QED) is 0.268. The first-order valence-electron chi connectivity index (χ1n) is 10.5. The number of nitrogens with one attached hydrogen (secondary N) is 1. The van der Waals surface area contributed by atoms with Gasteiger partial charge in [0.1, 0.15) is 18.1 Å². The summed E-state index contributed by atoms with van der Waals surface area (Å²) in [5, 5.41) is 13.4. The molecule has 7 nitrogen and oxygen atoms in total. The minimum atomic E-state index is -0.731. The maximum absolute atomic E-state index is 13.4. The van der Waals surface area contributed by atoms with Crippen molar-refractivity contribution in [3.8, 4) is 5.75 Å². The summed E-state index contributed by atoms with van der Waals surface area (Å²) in [6, 6.07) is 13.4. The number of aromatic amines is 1. The number of aromatic nitrogens is 2. The van der Waals surface area contributed by atoms with Gasteiger partial charge in [0, 0.05) is 18.5 Å². The summed E-state index contributed by atoms with van der Waals surface area (Å²) >= 11 is 0. The number of carbonyl (C=O) groups excluding carboxylic acids is 2. The Morgan fingerprint density at radius 1 is 1.12 bits per heavy atom. The van der Waals surface area contributed by atoms with Gasteiger partial charge in [-0.25, -0.2) is 4.57 Å². The first-order chi connectivity index (χ1) is 15.5. The summed E-state index contributed by atoms with van der Waals surface area (Å²) in [5.41, 5.74) is 2.11. The minimum Gasteiger partial charge on any atom is -0.872 e. The number of Topliss-reactive ketones (excluding diaryl/α,β-unsaturated/α-hetero) is 1. The van der Waals surface area contributed by atoms with Gasteiger partial charge >= 0.3 is 0 Å². The van der Waals surface area contributed by atoms with Gasteiger partial charge in [0.15, 0.2) is 0 Å². The lowest BCUT2D eigenvalue weighted by Gasteiger charge is -2.27. The summed E-state index contributed by atoms with van der Waals surface area (Å²) in [6.45, 7) is 2.96. The molecule has 0 aliphatic carbocycles. The standard InChI is InChI=1S/C25H25N3O4/c1-17-4-6-19(7-5-17)23(29)21-22(18-8-10-20(32-2)11-9-18)28(25(31)24(21)30)14-3-13-27-15-12-26-16-27/h4-12,15-16,22H,3,13-14H2,1-2H3,(H,29,30). The van der Waals surface area contributed by atoms with Crippen LogP contribution in [0.1, 0.15) is 29.2 Å². The van der Waals surface area contributed by atoms with Gasteiger partial charge < -0.3 is 14.7 Å². The van der Waals surface area contributed by atoms with Crippen LogP contribution in [0.5, 0.6) is 5.75 Å². The molecule has 0 bridgehead atoms. The van der Waals surface area contributed by atoms with Crippen molar-refractivity contribution in [2.75, 3.05) is 13.7 Å².